The first-order valence-corrected chi connectivity index (χ1v) is 7.52. The van der Waals surface area contributed by atoms with Crippen LogP contribution in [0.5, 0.6) is 0 Å². The Bertz CT molecular complexity index is 425. The summed E-state index contributed by atoms with van der Waals surface area (Å²) in [5.74, 6) is 1.65. The number of likely N-dealkylation sites (tertiary alicyclic amines) is 1. The van der Waals surface area contributed by atoms with Gasteiger partial charge >= 0.3 is 0 Å². The quantitative estimate of drug-likeness (QED) is 0.900. The van der Waals surface area contributed by atoms with Gasteiger partial charge in [-0.25, -0.2) is 0 Å². The summed E-state index contributed by atoms with van der Waals surface area (Å²) in [7, 11) is 0. The number of nitrogens with zero attached hydrogens (tertiary/aromatic N) is 1. The molecule has 2 nitrogen and oxygen atoms in total. The van der Waals surface area contributed by atoms with Gasteiger partial charge in [-0.3, -0.25) is 0 Å². The highest BCUT2D eigenvalue weighted by atomic mass is 15.2. The number of hydrogen-bond donors (Lipinski definition) is 1. The number of hydrogen-bond acceptors (Lipinski definition) is 2. The van der Waals surface area contributed by atoms with Crippen LogP contribution in [0.4, 0.5) is 0 Å². The second-order valence-electron chi connectivity index (χ2n) is 6.52. The molecule has 0 bridgehead atoms. The van der Waals surface area contributed by atoms with E-state index in [-0.39, 0.29) is 6.04 Å². The Kier molecular flexibility index (Phi) is 4.64. The maximum atomic E-state index is 6.42. The molecule has 0 spiro atoms. The summed E-state index contributed by atoms with van der Waals surface area (Å²) in [5, 5.41) is 0. The van der Waals surface area contributed by atoms with E-state index in [1.807, 2.05) is 0 Å². The molecule has 1 fully saturated rings. The van der Waals surface area contributed by atoms with Gasteiger partial charge < -0.3 is 10.6 Å². The summed E-state index contributed by atoms with van der Waals surface area (Å²) in [6.45, 7) is 12.4. The van der Waals surface area contributed by atoms with Crippen LogP contribution < -0.4 is 5.73 Å². The summed E-state index contributed by atoms with van der Waals surface area (Å²) in [5.41, 5.74) is 10.4. The first kappa shape index (κ1) is 14.5. The van der Waals surface area contributed by atoms with Crippen LogP contribution in [0.25, 0.3) is 0 Å². The zero-order chi connectivity index (χ0) is 14.0. The molecule has 0 aliphatic carbocycles. The monoisotopic (exact) mass is 260 g/mol. The van der Waals surface area contributed by atoms with Crippen molar-refractivity contribution in [2.45, 2.75) is 40.2 Å². The molecule has 2 heteroatoms. The predicted octanol–water partition coefficient (Wildman–Crippen LogP) is 3.28. The zero-order valence-electron chi connectivity index (χ0n) is 12.8. The summed E-state index contributed by atoms with van der Waals surface area (Å²) in [6.07, 6.45) is 1.33. The van der Waals surface area contributed by atoms with Crippen molar-refractivity contribution in [3.8, 4) is 0 Å². The number of benzene rings is 1. The first-order valence-electron chi connectivity index (χ1n) is 7.52. The molecule has 106 valence electrons. The van der Waals surface area contributed by atoms with Gasteiger partial charge in [-0.1, -0.05) is 37.6 Å². The average molecular weight is 260 g/mol. The lowest BCUT2D eigenvalue weighted by molar-refractivity contribution is 0.287. The van der Waals surface area contributed by atoms with Gasteiger partial charge in [-0.15, -0.1) is 0 Å². The topological polar surface area (TPSA) is 29.3 Å². The molecule has 1 aliphatic rings. The lowest BCUT2D eigenvalue weighted by Crippen LogP contribution is -2.31. The van der Waals surface area contributed by atoms with E-state index in [9.17, 15) is 0 Å². The molecule has 1 heterocycles. The molecule has 2 rings (SSSR count). The molecule has 1 aromatic rings. The molecule has 19 heavy (non-hydrogen) atoms. The van der Waals surface area contributed by atoms with Crippen molar-refractivity contribution < 1.29 is 0 Å². The number of rotatable bonds is 4. The van der Waals surface area contributed by atoms with Crippen molar-refractivity contribution in [1.82, 2.24) is 4.90 Å². The van der Waals surface area contributed by atoms with Gasteiger partial charge in [0, 0.05) is 19.1 Å². The maximum Gasteiger partial charge on any atom is 0.0427 e. The Morgan fingerprint density at radius 1 is 1.32 bits per heavy atom. The van der Waals surface area contributed by atoms with E-state index >= 15 is 0 Å². The van der Waals surface area contributed by atoms with Crippen molar-refractivity contribution in [3.05, 3.63) is 34.9 Å². The minimum Gasteiger partial charge on any atom is -0.323 e. The summed E-state index contributed by atoms with van der Waals surface area (Å²) in [4.78, 5) is 2.54. The number of aryl methyl sites for hydroxylation is 2. The molecular formula is C17H28N2. The van der Waals surface area contributed by atoms with Crippen LogP contribution in [-0.4, -0.2) is 24.5 Å². The molecule has 1 saturated heterocycles. The molecule has 2 N–H and O–H groups in total. The van der Waals surface area contributed by atoms with Crippen LogP contribution in [0.1, 0.15) is 43.0 Å². The Labute approximate surface area is 118 Å². The Morgan fingerprint density at radius 2 is 2.05 bits per heavy atom. The Morgan fingerprint density at radius 3 is 2.68 bits per heavy atom. The SMILES string of the molecule is Cc1ccc(C)c(C(N)CN2CCC(C(C)C)C2)c1. The van der Waals surface area contributed by atoms with Gasteiger partial charge in [0.15, 0.2) is 0 Å². The molecule has 0 radical (unpaired) electrons. The minimum absolute atomic E-state index is 0.144. The standard InChI is InChI=1S/C17H28N2/c1-12(2)15-7-8-19(10-15)11-17(18)16-9-13(3)5-6-14(16)4/h5-6,9,12,15,17H,7-8,10-11,18H2,1-4H3. The van der Waals surface area contributed by atoms with Crippen LogP contribution in [-0.2, 0) is 0 Å². The first-order chi connectivity index (χ1) is 8.97. The van der Waals surface area contributed by atoms with Gasteiger partial charge in [0.2, 0.25) is 0 Å². The third-order valence-electron chi connectivity index (χ3n) is 4.54. The van der Waals surface area contributed by atoms with Crippen molar-refractivity contribution in [2.75, 3.05) is 19.6 Å². The molecule has 0 aromatic heterocycles. The smallest absolute Gasteiger partial charge is 0.0427 e. The van der Waals surface area contributed by atoms with Crippen LogP contribution in [0, 0.1) is 25.7 Å². The predicted molar refractivity (Wildman–Crippen MR) is 82.2 cm³/mol. The largest absolute Gasteiger partial charge is 0.323 e. The highest BCUT2D eigenvalue weighted by molar-refractivity contribution is 5.33. The van der Waals surface area contributed by atoms with E-state index in [2.05, 4.69) is 50.8 Å². The second-order valence-corrected chi connectivity index (χ2v) is 6.52. The Hall–Kier alpha value is -0.860. The van der Waals surface area contributed by atoms with Crippen molar-refractivity contribution in [2.24, 2.45) is 17.6 Å². The Balaban J connectivity index is 1.98. The highest BCUT2D eigenvalue weighted by Gasteiger charge is 2.26. The summed E-state index contributed by atoms with van der Waals surface area (Å²) < 4.78 is 0. The fourth-order valence-corrected chi connectivity index (χ4v) is 3.11. The van der Waals surface area contributed by atoms with Gasteiger partial charge in [0.05, 0.1) is 0 Å². The normalized spacial score (nSPS) is 22.1. The van der Waals surface area contributed by atoms with Gasteiger partial charge in [0.1, 0.15) is 0 Å². The van der Waals surface area contributed by atoms with Gasteiger partial charge in [-0.05, 0) is 49.8 Å². The van der Waals surface area contributed by atoms with Crippen LogP contribution in [0.15, 0.2) is 18.2 Å². The maximum absolute atomic E-state index is 6.42. The van der Waals surface area contributed by atoms with E-state index in [1.54, 1.807) is 0 Å². The molecule has 1 aliphatic heterocycles. The molecule has 0 amide bonds. The molecule has 1 aromatic carbocycles. The lowest BCUT2D eigenvalue weighted by Gasteiger charge is -2.23. The zero-order valence-corrected chi connectivity index (χ0v) is 12.8. The molecule has 2 atom stereocenters. The van der Waals surface area contributed by atoms with Crippen LogP contribution in [0.2, 0.25) is 0 Å². The summed E-state index contributed by atoms with van der Waals surface area (Å²) in [6, 6.07) is 6.74. The third kappa shape index (κ3) is 3.58. The second kappa shape index (κ2) is 6.06. The van der Waals surface area contributed by atoms with Crippen molar-refractivity contribution in [3.63, 3.8) is 0 Å². The third-order valence-corrected chi connectivity index (χ3v) is 4.54. The fourth-order valence-electron chi connectivity index (χ4n) is 3.11. The minimum atomic E-state index is 0.144. The van der Waals surface area contributed by atoms with Crippen molar-refractivity contribution >= 4 is 0 Å². The fraction of sp³-hybridized carbons (Fsp3) is 0.647. The van der Waals surface area contributed by atoms with Crippen LogP contribution >= 0.6 is 0 Å². The lowest BCUT2D eigenvalue weighted by atomic mass is 9.95. The number of nitrogens with two attached hydrogens (primary N) is 1. The molecule has 2 unspecified atom stereocenters. The molecule has 0 saturated carbocycles. The average Bonchev–Trinajstić information content (AvgIpc) is 2.80. The van der Waals surface area contributed by atoms with E-state index in [1.165, 1.54) is 36.2 Å². The van der Waals surface area contributed by atoms with E-state index < -0.39 is 0 Å². The van der Waals surface area contributed by atoms with Crippen LogP contribution in [0.3, 0.4) is 0 Å². The van der Waals surface area contributed by atoms with Crippen molar-refractivity contribution in [1.29, 1.82) is 0 Å². The van der Waals surface area contributed by atoms with E-state index in [0.717, 1.165) is 18.4 Å². The highest BCUT2D eigenvalue weighted by Crippen LogP contribution is 2.26. The van der Waals surface area contributed by atoms with Gasteiger partial charge in [0.25, 0.3) is 0 Å². The molecular weight excluding hydrogens is 232 g/mol. The van der Waals surface area contributed by atoms with E-state index in [4.69, 9.17) is 5.73 Å². The summed E-state index contributed by atoms with van der Waals surface area (Å²) >= 11 is 0. The van der Waals surface area contributed by atoms with E-state index in [0.29, 0.717) is 0 Å². The van der Waals surface area contributed by atoms with Gasteiger partial charge in [-0.2, -0.15) is 0 Å².